The lowest BCUT2D eigenvalue weighted by atomic mass is 10.4. The van der Waals surface area contributed by atoms with Crippen LogP contribution in [0, 0.1) is 0 Å². The molecular weight excluding hydrogens is 124 g/mol. The van der Waals surface area contributed by atoms with E-state index in [1.807, 2.05) is 25.2 Å². The molecule has 0 aromatic heterocycles. The third-order valence-corrected chi connectivity index (χ3v) is 1.34. The fraction of sp³-hybridized carbons (Fsp3) is 0.625. The van der Waals surface area contributed by atoms with Crippen LogP contribution in [-0.2, 0) is 0 Å². The van der Waals surface area contributed by atoms with Gasteiger partial charge in [-0.3, -0.25) is 0 Å². The minimum Gasteiger partial charge on any atom is -0.366 e. The summed E-state index contributed by atoms with van der Waals surface area (Å²) in [5.41, 5.74) is 0.931. The summed E-state index contributed by atoms with van der Waals surface area (Å²) in [6.45, 7) is 8.87. The third-order valence-electron chi connectivity index (χ3n) is 1.34. The van der Waals surface area contributed by atoms with Gasteiger partial charge < -0.3 is 4.90 Å². The van der Waals surface area contributed by atoms with Crippen LogP contribution in [0.4, 0.5) is 0 Å². The van der Waals surface area contributed by atoms with Gasteiger partial charge in [-0.2, -0.15) is 0 Å². The van der Waals surface area contributed by atoms with Crippen molar-refractivity contribution in [2.45, 2.75) is 20.3 Å². The van der Waals surface area contributed by atoms with E-state index < -0.39 is 0 Å². The Balaban J connectivity index is 3.63. The van der Waals surface area contributed by atoms with Crippen molar-refractivity contribution in [3.05, 3.63) is 12.3 Å². The largest absolute Gasteiger partial charge is 0.366 e. The molecule has 0 bridgehead atoms. The molecule has 0 spiro atoms. The van der Waals surface area contributed by atoms with Crippen LogP contribution in [0.15, 0.2) is 17.3 Å². The molecular formula is C8H16N2. The Morgan fingerprint density at radius 2 is 2.20 bits per heavy atom. The summed E-state index contributed by atoms with van der Waals surface area (Å²) in [5, 5.41) is 0. The van der Waals surface area contributed by atoms with Crippen LogP contribution in [0.1, 0.15) is 20.3 Å². The van der Waals surface area contributed by atoms with E-state index in [1.165, 1.54) is 0 Å². The number of allylic oxidation sites excluding steroid dienone is 1. The molecule has 58 valence electrons. The van der Waals surface area contributed by atoms with E-state index in [9.17, 15) is 0 Å². The first kappa shape index (κ1) is 9.21. The second-order valence-corrected chi connectivity index (χ2v) is 2.24. The molecule has 0 amide bonds. The lowest BCUT2D eigenvalue weighted by molar-refractivity contribution is 0.551. The van der Waals surface area contributed by atoms with E-state index in [0.717, 1.165) is 18.7 Å². The first-order valence-electron chi connectivity index (χ1n) is 3.62. The third kappa shape index (κ3) is 4.13. The zero-order valence-electron chi connectivity index (χ0n) is 7.09. The number of aliphatic imine (C=N–C) groups is 1. The van der Waals surface area contributed by atoms with E-state index in [4.69, 9.17) is 0 Å². The second kappa shape index (κ2) is 5.03. The average Bonchev–Trinajstić information content (AvgIpc) is 1.99. The van der Waals surface area contributed by atoms with E-state index in [2.05, 4.69) is 18.5 Å². The Morgan fingerprint density at radius 1 is 1.60 bits per heavy atom. The maximum atomic E-state index is 4.12. The summed E-state index contributed by atoms with van der Waals surface area (Å²) in [4.78, 5) is 6.13. The monoisotopic (exact) mass is 140 g/mol. The number of nitrogens with zero attached hydrogens (tertiary/aromatic N) is 2. The first-order valence-corrected chi connectivity index (χ1v) is 3.62. The van der Waals surface area contributed by atoms with E-state index in [-0.39, 0.29) is 0 Å². The van der Waals surface area contributed by atoms with Crippen LogP contribution < -0.4 is 0 Å². The zero-order valence-corrected chi connectivity index (χ0v) is 7.09. The molecule has 2 nitrogen and oxygen atoms in total. The molecule has 0 saturated carbocycles. The molecule has 0 aromatic rings. The molecule has 0 fully saturated rings. The van der Waals surface area contributed by atoms with Crippen LogP contribution in [0.5, 0.6) is 0 Å². The maximum Gasteiger partial charge on any atom is 0.0905 e. The van der Waals surface area contributed by atoms with Crippen molar-refractivity contribution >= 4 is 6.34 Å². The van der Waals surface area contributed by atoms with Gasteiger partial charge in [0.1, 0.15) is 0 Å². The molecule has 0 aliphatic carbocycles. The van der Waals surface area contributed by atoms with Crippen LogP contribution >= 0.6 is 0 Å². The topological polar surface area (TPSA) is 15.6 Å². The fourth-order valence-corrected chi connectivity index (χ4v) is 0.353. The van der Waals surface area contributed by atoms with Gasteiger partial charge in [-0.25, -0.2) is 4.99 Å². The Kier molecular flexibility index (Phi) is 4.63. The summed E-state index contributed by atoms with van der Waals surface area (Å²) in [7, 11) is 1.99. The normalized spacial score (nSPS) is 10.3. The van der Waals surface area contributed by atoms with E-state index in [0.29, 0.717) is 0 Å². The van der Waals surface area contributed by atoms with Gasteiger partial charge in [-0.15, -0.1) is 0 Å². The van der Waals surface area contributed by atoms with Crippen molar-refractivity contribution < 1.29 is 0 Å². The van der Waals surface area contributed by atoms with Crippen molar-refractivity contribution in [1.82, 2.24) is 4.90 Å². The summed E-state index contributed by atoms with van der Waals surface area (Å²) >= 11 is 0. The van der Waals surface area contributed by atoms with Crippen LogP contribution in [-0.4, -0.2) is 24.8 Å². The standard InChI is InChI=1S/C8H16N2/c1-5-8(3)9-7-10(4)6-2/h7H,3,5-6H2,1-2,4H3. The van der Waals surface area contributed by atoms with Crippen LogP contribution in [0.2, 0.25) is 0 Å². The molecule has 0 saturated heterocycles. The highest BCUT2D eigenvalue weighted by Crippen LogP contribution is 1.95. The van der Waals surface area contributed by atoms with Gasteiger partial charge in [0, 0.05) is 19.3 Å². The maximum absolute atomic E-state index is 4.12. The quantitative estimate of drug-likeness (QED) is 0.430. The summed E-state index contributed by atoms with van der Waals surface area (Å²) < 4.78 is 0. The van der Waals surface area contributed by atoms with Gasteiger partial charge >= 0.3 is 0 Å². The Labute approximate surface area is 63.3 Å². The summed E-state index contributed by atoms with van der Waals surface area (Å²) in [6.07, 6.45) is 2.74. The Morgan fingerprint density at radius 3 is 2.60 bits per heavy atom. The van der Waals surface area contributed by atoms with Crippen molar-refractivity contribution in [1.29, 1.82) is 0 Å². The van der Waals surface area contributed by atoms with Crippen molar-refractivity contribution in [2.24, 2.45) is 4.99 Å². The molecule has 0 aromatic carbocycles. The molecule has 0 aliphatic rings. The molecule has 2 heteroatoms. The van der Waals surface area contributed by atoms with Crippen molar-refractivity contribution in [2.75, 3.05) is 13.6 Å². The Hall–Kier alpha value is -0.790. The van der Waals surface area contributed by atoms with Gasteiger partial charge in [0.15, 0.2) is 0 Å². The highest BCUT2D eigenvalue weighted by molar-refractivity contribution is 5.55. The van der Waals surface area contributed by atoms with Gasteiger partial charge in [-0.05, 0) is 13.3 Å². The average molecular weight is 140 g/mol. The first-order chi connectivity index (χ1) is 4.70. The van der Waals surface area contributed by atoms with Crippen LogP contribution in [0.3, 0.4) is 0 Å². The second-order valence-electron chi connectivity index (χ2n) is 2.24. The number of hydrogen-bond donors (Lipinski definition) is 0. The minimum absolute atomic E-state index is 0.925. The summed E-state index contributed by atoms with van der Waals surface area (Å²) in [6, 6.07) is 0. The van der Waals surface area contributed by atoms with Gasteiger partial charge in [-0.1, -0.05) is 13.5 Å². The Bertz CT molecular complexity index is 127. The van der Waals surface area contributed by atoms with Crippen LogP contribution in [0.25, 0.3) is 0 Å². The fourth-order valence-electron chi connectivity index (χ4n) is 0.353. The lowest BCUT2D eigenvalue weighted by Crippen LogP contribution is -2.14. The molecule has 0 N–H and O–H groups in total. The molecule has 0 aliphatic heterocycles. The lowest BCUT2D eigenvalue weighted by Gasteiger charge is -2.07. The van der Waals surface area contributed by atoms with Gasteiger partial charge in [0.25, 0.3) is 0 Å². The van der Waals surface area contributed by atoms with Gasteiger partial charge in [0.2, 0.25) is 0 Å². The number of rotatable bonds is 4. The molecule has 0 heterocycles. The summed E-state index contributed by atoms with van der Waals surface area (Å²) in [5.74, 6) is 0. The minimum atomic E-state index is 0.925. The highest BCUT2D eigenvalue weighted by Gasteiger charge is 1.84. The molecule has 0 rings (SSSR count). The SMILES string of the molecule is C=C(CC)N=CN(C)CC. The van der Waals surface area contributed by atoms with Gasteiger partial charge in [0.05, 0.1) is 6.34 Å². The highest BCUT2D eigenvalue weighted by atomic mass is 15.1. The predicted octanol–water partition coefficient (Wildman–Crippen LogP) is 1.89. The predicted molar refractivity (Wildman–Crippen MR) is 46.2 cm³/mol. The zero-order chi connectivity index (χ0) is 7.98. The van der Waals surface area contributed by atoms with E-state index in [1.54, 1.807) is 0 Å². The number of hydrogen-bond acceptors (Lipinski definition) is 1. The van der Waals surface area contributed by atoms with E-state index >= 15 is 0 Å². The molecule has 0 atom stereocenters. The molecule has 10 heavy (non-hydrogen) atoms. The smallest absolute Gasteiger partial charge is 0.0905 e. The molecule has 0 radical (unpaired) electrons. The van der Waals surface area contributed by atoms with Crippen molar-refractivity contribution in [3.63, 3.8) is 0 Å². The molecule has 0 unspecified atom stereocenters. The van der Waals surface area contributed by atoms with Crippen molar-refractivity contribution in [3.8, 4) is 0 Å².